The zero-order chi connectivity index (χ0) is 12.8. The zero-order valence-corrected chi connectivity index (χ0v) is 12.4. The maximum Gasteiger partial charge on any atom is 0.124 e. The van der Waals surface area contributed by atoms with E-state index in [9.17, 15) is 4.39 Å². The smallest absolute Gasteiger partial charge is 0.124 e. The van der Waals surface area contributed by atoms with Crippen LogP contribution in [0.5, 0.6) is 0 Å². The molecule has 1 nitrogen and oxygen atoms in total. The monoisotopic (exact) mass is 301 g/mol. The van der Waals surface area contributed by atoms with Gasteiger partial charge in [0, 0.05) is 17.6 Å². The Labute approximate surface area is 112 Å². The molecular weight excluding hydrogens is 281 g/mol. The highest BCUT2D eigenvalue weighted by Gasteiger charge is 2.10. The summed E-state index contributed by atoms with van der Waals surface area (Å²) in [5.41, 5.74) is 1.15. The Morgan fingerprint density at radius 2 is 2.06 bits per heavy atom. The van der Waals surface area contributed by atoms with Crippen molar-refractivity contribution in [3.05, 3.63) is 34.1 Å². The van der Waals surface area contributed by atoms with Crippen molar-refractivity contribution in [3.8, 4) is 0 Å². The Kier molecular flexibility index (Phi) is 6.14. The van der Waals surface area contributed by atoms with Gasteiger partial charge in [0.25, 0.3) is 0 Å². The van der Waals surface area contributed by atoms with Crippen LogP contribution < -0.4 is 0 Å². The number of halogens is 2. The van der Waals surface area contributed by atoms with E-state index >= 15 is 0 Å². The second kappa shape index (κ2) is 7.12. The van der Waals surface area contributed by atoms with Gasteiger partial charge in [0.2, 0.25) is 0 Å². The summed E-state index contributed by atoms with van der Waals surface area (Å²) in [6.07, 6.45) is 1.20. The van der Waals surface area contributed by atoms with Crippen molar-refractivity contribution in [1.29, 1.82) is 0 Å². The van der Waals surface area contributed by atoms with Gasteiger partial charge in [-0.15, -0.1) is 0 Å². The van der Waals surface area contributed by atoms with E-state index in [0.717, 1.165) is 29.7 Å². The quantitative estimate of drug-likeness (QED) is 0.750. The summed E-state index contributed by atoms with van der Waals surface area (Å²) in [6.45, 7) is 9.64. The van der Waals surface area contributed by atoms with Gasteiger partial charge in [-0.3, -0.25) is 4.90 Å². The molecule has 0 aliphatic heterocycles. The number of rotatable bonds is 6. The van der Waals surface area contributed by atoms with Crippen molar-refractivity contribution in [3.63, 3.8) is 0 Å². The van der Waals surface area contributed by atoms with Crippen LogP contribution in [0, 0.1) is 11.7 Å². The Balaban J connectivity index is 2.67. The lowest BCUT2D eigenvalue weighted by Gasteiger charge is -2.24. The highest BCUT2D eigenvalue weighted by atomic mass is 79.9. The summed E-state index contributed by atoms with van der Waals surface area (Å²) in [7, 11) is 0. The second-order valence-electron chi connectivity index (χ2n) is 4.58. The van der Waals surface area contributed by atoms with Gasteiger partial charge >= 0.3 is 0 Å². The van der Waals surface area contributed by atoms with Crippen LogP contribution in [0.1, 0.15) is 32.8 Å². The molecule has 0 radical (unpaired) electrons. The van der Waals surface area contributed by atoms with Gasteiger partial charge < -0.3 is 0 Å². The third-order valence-corrected chi connectivity index (χ3v) is 3.86. The van der Waals surface area contributed by atoms with E-state index in [2.05, 4.69) is 41.6 Å². The van der Waals surface area contributed by atoms with Crippen molar-refractivity contribution >= 4 is 15.9 Å². The van der Waals surface area contributed by atoms with Crippen LogP contribution in [0.25, 0.3) is 0 Å². The van der Waals surface area contributed by atoms with E-state index in [0.29, 0.717) is 5.92 Å². The van der Waals surface area contributed by atoms with Crippen molar-refractivity contribution in [2.75, 3.05) is 13.1 Å². The molecule has 1 aromatic carbocycles. The first kappa shape index (κ1) is 14.7. The number of nitrogens with zero attached hydrogens (tertiary/aromatic N) is 1. The van der Waals surface area contributed by atoms with Gasteiger partial charge in [-0.05, 0) is 30.2 Å². The number of hydrogen-bond acceptors (Lipinski definition) is 1. The first-order chi connectivity index (χ1) is 8.06. The molecule has 1 rings (SSSR count). The average molecular weight is 302 g/mol. The molecule has 1 unspecified atom stereocenters. The van der Waals surface area contributed by atoms with E-state index in [1.54, 1.807) is 0 Å². The van der Waals surface area contributed by atoms with Crippen LogP contribution >= 0.6 is 15.9 Å². The molecule has 0 aromatic heterocycles. The predicted octanol–water partition coefficient (Wildman–Crippen LogP) is 4.46. The third kappa shape index (κ3) is 4.76. The number of hydrogen-bond donors (Lipinski definition) is 0. The molecule has 17 heavy (non-hydrogen) atoms. The van der Waals surface area contributed by atoms with E-state index in [1.165, 1.54) is 18.6 Å². The molecule has 0 N–H and O–H groups in total. The highest BCUT2D eigenvalue weighted by Crippen LogP contribution is 2.20. The van der Waals surface area contributed by atoms with Crippen molar-refractivity contribution in [2.24, 2.45) is 5.92 Å². The van der Waals surface area contributed by atoms with Gasteiger partial charge in [-0.1, -0.05) is 49.2 Å². The predicted molar refractivity (Wildman–Crippen MR) is 74.5 cm³/mol. The Hall–Kier alpha value is -0.410. The standard InChI is InChI=1S/C14H21BrFN/c1-4-11(3)9-17(5-2)10-12-6-7-13(16)8-14(12)15/h6-8,11H,4-5,9-10H2,1-3H3. The summed E-state index contributed by atoms with van der Waals surface area (Å²) in [4.78, 5) is 2.40. The van der Waals surface area contributed by atoms with Crippen LogP contribution in [0.3, 0.4) is 0 Å². The van der Waals surface area contributed by atoms with Crippen molar-refractivity contribution in [2.45, 2.75) is 33.7 Å². The highest BCUT2D eigenvalue weighted by molar-refractivity contribution is 9.10. The number of benzene rings is 1. The summed E-state index contributed by atoms with van der Waals surface area (Å²) in [5, 5.41) is 0. The largest absolute Gasteiger partial charge is 0.299 e. The van der Waals surface area contributed by atoms with Crippen LogP contribution in [0.2, 0.25) is 0 Å². The molecule has 3 heteroatoms. The molecule has 0 aliphatic carbocycles. The fraction of sp³-hybridized carbons (Fsp3) is 0.571. The maximum atomic E-state index is 13.0. The summed E-state index contributed by atoms with van der Waals surface area (Å²) < 4.78 is 13.8. The first-order valence-corrected chi connectivity index (χ1v) is 7.02. The van der Waals surface area contributed by atoms with Gasteiger partial charge in [0.05, 0.1) is 0 Å². The minimum absolute atomic E-state index is 0.189. The lowest BCUT2D eigenvalue weighted by molar-refractivity contribution is 0.237. The molecule has 1 aromatic rings. The molecular formula is C14H21BrFN. The molecule has 0 aliphatic rings. The molecule has 1 atom stereocenters. The molecule has 0 bridgehead atoms. The first-order valence-electron chi connectivity index (χ1n) is 6.23. The molecule has 0 spiro atoms. The molecule has 0 saturated carbocycles. The van der Waals surface area contributed by atoms with E-state index in [4.69, 9.17) is 0 Å². The Morgan fingerprint density at radius 1 is 1.35 bits per heavy atom. The normalized spacial score (nSPS) is 13.1. The maximum absolute atomic E-state index is 13.0. The lowest BCUT2D eigenvalue weighted by atomic mass is 10.1. The van der Waals surface area contributed by atoms with Gasteiger partial charge in [-0.25, -0.2) is 4.39 Å². The summed E-state index contributed by atoms with van der Waals surface area (Å²) >= 11 is 3.42. The molecule has 0 heterocycles. The summed E-state index contributed by atoms with van der Waals surface area (Å²) in [6, 6.07) is 4.92. The van der Waals surface area contributed by atoms with E-state index in [1.807, 2.05) is 6.07 Å². The van der Waals surface area contributed by atoms with Crippen LogP contribution in [0.15, 0.2) is 22.7 Å². The van der Waals surface area contributed by atoms with Crippen molar-refractivity contribution in [1.82, 2.24) is 4.90 Å². The Morgan fingerprint density at radius 3 is 2.59 bits per heavy atom. The SMILES string of the molecule is CCC(C)CN(CC)Cc1ccc(F)cc1Br. The minimum atomic E-state index is -0.189. The van der Waals surface area contributed by atoms with Crippen LogP contribution in [0.4, 0.5) is 4.39 Å². The molecule has 96 valence electrons. The summed E-state index contributed by atoms with van der Waals surface area (Å²) in [5.74, 6) is 0.514. The van der Waals surface area contributed by atoms with E-state index in [-0.39, 0.29) is 5.82 Å². The molecule has 0 amide bonds. The van der Waals surface area contributed by atoms with Gasteiger partial charge in [0.1, 0.15) is 5.82 Å². The zero-order valence-electron chi connectivity index (χ0n) is 10.8. The lowest BCUT2D eigenvalue weighted by Crippen LogP contribution is -2.28. The Bertz CT molecular complexity index is 354. The second-order valence-corrected chi connectivity index (χ2v) is 5.43. The van der Waals surface area contributed by atoms with Crippen LogP contribution in [-0.2, 0) is 6.54 Å². The fourth-order valence-corrected chi connectivity index (χ4v) is 2.24. The molecule has 0 saturated heterocycles. The third-order valence-electron chi connectivity index (χ3n) is 3.12. The topological polar surface area (TPSA) is 3.24 Å². The van der Waals surface area contributed by atoms with E-state index < -0.39 is 0 Å². The minimum Gasteiger partial charge on any atom is -0.299 e. The van der Waals surface area contributed by atoms with Crippen molar-refractivity contribution < 1.29 is 4.39 Å². The fourth-order valence-electron chi connectivity index (χ4n) is 1.77. The van der Waals surface area contributed by atoms with Gasteiger partial charge in [-0.2, -0.15) is 0 Å². The van der Waals surface area contributed by atoms with Gasteiger partial charge in [0.15, 0.2) is 0 Å². The molecule has 0 fully saturated rings. The van der Waals surface area contributed by atoms with Crippen LogP contribution in [-0.4, -0.2) is 18.0 Å². The average Bonchev–Trinajstić information content (AvgIpc) is 2.31.